The van der Waals surface area contributed by atoms with E-state index in [0.717, 1.165) is 12.8 Å². The van der Waals surface area contributed by atoms with Crippen molar-refractivity contribution in [2.45, 2.75) is 40.0 Å². The average molecular weight is 182 g/mol. The molecule has 0 aromatic heterocycles. The molecule has 0 aliphatic carbocycles. The Morgan fingerprint density at radius 3 is 2.15 bits per heavy atom. The second-order valence-corrected chi connectivity index (χ2v) is 3.25. The maximum atomic E-state index is 10.6. The highest BCUT2D eigenvalue weighted by molar-refractivity contribution is 5.86. The Balaban J connectivity index is 3.95. The lowest BCUT2D eigenvalue weighted by molar-refractivity contribution is -0.132. The van der Waals surface area contributed by atoms with Crippen LogP contribution in [0.2, 0.25) is 0 Å². The molecule has 0 heterocycles. The van der Waals surface area contributed by atoms with Gasteiger partial charge < -0.3 is 5.11 Å². The molecule has 2 nitrogen and oxygen atoms in total. The lowest BCUT2D eigenvalue weighted by Gasteiger charge is -1.96. The van der Waals surface area contributed by atoms with Gasteiger partial charge in [0.15, 0.2) is 0 Å². The first-order valence-electron chi connectivity index (χ1n) is 4.63. The lowest BCUT2D eigenvalue weighted by Crippen LogP contribution is -1.98. The van der Waals surface area contributed by atoms with Crippen LogP contribution in [0.3, 0.4) is 0 Å². The van der Waals surface area contributed by atoms with Gasteiger partial charge in [-0.3, -0.25) is 0 Å². The monoisotopic (exact) mass is 182 g/mol. The third-order valence-corrected chi connectivity index (χ3v) is 1.77. The average Bonchev–Trinajstić information content (AvgIpc) is 2.03. The van der Waals surface area contributed by atoms with Crippen LogP contribution < -0.4 is 0 Å². The number of allylic oxidation sites excluding steroid dienone is 3. The van der Waals surface area contributed by atoms with Gasteiger partial charge in [0, 0.05) is 5.57 Å². The maximum Gasteiger partial charge on any atom is 0.331 e. The number of carboxylic acid groups (broad SMARTS) is 1. The fraction of sp³-hybridized carbons (Fsp3) is 0.545. The van der Waals surface area contributed by atoms with Gasteiger partial charge in [0.2, 0.25) is 0 Å². The molecule has 13 heavy (non-hydrogen) atoms. The van der Waals surface area contributed by atoms with Crippen molar-refractivity contribution < 1.29 is 9.90 Å². The smallest absolute Gasteiger partial charge is 0.331 e. The molecule has 0 atom stereocenters. The van der Waals surface area contributed by atoms with E-state index in [1.165, 1.54) is 5.57 Å². The standard InChI is InChI=1S/C11H18O2/c1-4-10(11(12)13)8-6-5-7-9(2)3/h7-8H,4-6H2,1-3H3,(H,12,13). The van der Waals surface area contributed by atoms with Crippen LogP contribution in [0, 0.1) is 0 Å². The second kappa shape index (κ2) is 6.46. The number of carbonyl (C=O) groups is 1. The van der Waals surface area contributed by atoms with Gasteiger partial charge in [-0.05, 0) is 33.1 Å². The van der Waals surface area contributed by atoms with Crippen LogP contribution in [0.5, 0.6) is 0 Å². The molecule has 2 heteroatoms. The van der Waals surface area contributed by atoms with Gasteiger partial charge in [0.1, 0.15) is 0 Å². The van der Waals surface area contributed by atoms with E-state index in [2.05, 4.69) is 6.08 Å². The summed E-state index contributed by atoms with van der Waals surface area (Å²) >= 11 is 0. The third kappa shape index (κ3) is 6.14. The topological polar surface area (TPSA) is 37.3 Å². The quantitative estimate of drug-likeness (QED) is 0.403. The summed E-state index contributed by atoms with van der Waals surface area (Å²) in [7, 11) is 0. The van der Waals surface area contributed by atoms with E-state index in [9.17, 15) is 4.79 Å². The highest BCUT2D eigenvalue weighted by atomic mass is 16.4. The van der Waals surface area contributed by atoms with Crippen molar-refractivity contribution in [3.8, 4) is 0 Å². The highest BCUT2D eigenvalue weighted by Gasteiger charge is 2.01. The summed E-state index contributed by atoms with van der Waals surface area (Å²) in [5.74, 6) is -0.792. The molecule has 0 bridgehead atoms. The van der Waals surface area contributed by atoms with Gasteiger partial charge in [-0.15, -0.1) is 0 Å². The zero-order chi connectivity index (χ0) is 10.3. The molecule has 0 aliphatic heterocycles. The lowest BCUT2D eigenvalue weighted by atomic mass is 10.1. The molecule has 0 aliphatic rings. The minimum atomic E-state index is -0.792. The zero-order valence-corrected chi connectivity index (χ0v) is 8.63. The minimum Gasteiger partial charge on any atom is -0.478 e. The number of unbranched alkanes of at least 4 members (excludes halogenated alkanes) is 1. The van der Waals surface area contributed by atoms with E-state index in [1.54, 1.807) is 0 Å². The molecular weight excluding hydrogens is 164 g/mol. The summed E-state index contributed by atoms with van der Waals surface area (Å²) in [6.45, 7) is 5.95. The van der Waals surface area contributed by atoms with Gasteiger partial charge >= 0.3 is 5.97 Å². The molecule has 74 valence electrons. The van der Waals surface area contributed by atoms with Crippen molar-refractivity contribution in [3.05, 3.63) is 23.3 Å². The van der Waals surface area contributed by atoms with Crippen molar-refractivity contribution in [1.82, 2.24) is 0 Å². The van der Waals surface area contributed by atoms with Crippen LogP contribution in [-0.4, -0.2) is 11.1 Å². The van der Waals surface area contributed by atoms with E-state index >= 15 is 0 Å². The first kappa shape index (κ1) is 11.9. The molecule has 0 spiro atoms. The molecular formula is C11H18O2. The number of hydrogen-bond donors (Lipinski definition) is 1. The third-order valence-electron chi connectivity index (χ3n) is 1.77. The second-order valence-electron chi connectivity index (χ2n) is 3.25. The Morgan fingerprint density at radius 2 is 1.77 bits per heavy atom. The fourth-order valence-electron chi connectivity index (χ4n) is 1.01. The van der Waals surface area contributed by atoms with Gasteiger partial charge in [0.25, 0.3) is 0 Å². The highest BCUT2D eigenvalue weighted by Crippen LogP contribution is 2.05. The Bertz CT molecular complexity index is 220. The van der Waals surface area contributed by atoms with Gasteiger partial charge in [0.05, 0.1) is 0 Å². The molecule has 0 aromatic carbocycles. The van der Waals surface area contributed by atoms with Crippen LogP contribution >= 0.6 is 0 Å². The Kier molecular flexibility index (Phi) is 5.94. The van der Waals surface area contributed by atoms with E-state index in [1.807, 2.05) is 26.8 Å². The predicted octanol–water partition coefficient (Wildman–Crippen LogP) is 3.15. The van der Waals surface area contributed by atoms with Crippen LogP contribution in [0.15, 0.2) is 23.3 Å². The first-order chi connectivity index (χ1) is 6.07. The normalized spacial score (nSPS) is 11.2. The van der Waals surface area contributed by atoms with Crippen LogP contribution in [0.4, 0.5) is 0 Å². The van der Waals surface area contributed by atoms with E-state index < -0.39 is 5.97 Å². The van der Waals surface area contributed by atoms with Crippen molar-refractivity contribution in [2.75, 3.05) is 0 Å². The summed E-state index contributed by atoms with van der Waals surface area (Å²) in [6, 6.07) is 0. The molecule has 0 saturated carbocycles. The predicted molar refractivity (Wildman–Crippen MR) is 54.7 cm³/mol. The summed E-state index contributed by atoms with van der Waals surface area (Å²) in [5.41, 5.74) is 1.80. The van der Waals surface area contributed by atoms with Crippen molar-refractivity contribution in [3.63, 3.8) is 0 Å². The largest absolute Gasteiger partial charge is 0.478 e. The van der Waals surface area contributed by atoms with Gasteiger partial charge in [-0.25, -0.2) is 4.79 Å². The number of hydrogen-bond acceptors (Lipinski definition) is 1. The Hall–Kier alpha value is -1.05. The van der Waals surface area contributed by atoms with Gasteiger partial charge in [-0.1, -0.05) is 24.6 Å². The maximum absolute atomic E-state index is 10.6. The minimum absolute atomic E-state index is 0.516. The van der Waals surface area contributed by atoms with Crippen molar-refractivity contribution in [1.29, 1.82) is 0 Å². The molecule has 0 radical (unpaired) electrons. The number of rotatable bonds is 5. The van der Waals surface area contributed by atoms with Crippen LogP contribution in [-0.2, 0) is 4.79 Å². The van der Waals surface area contributed by atoms with Gasteiger partial charge in [-0.2, -0.15) is 0 Å². The summed E-state index contributed by atoms with van der Waals surface area (Å²) < 4.78 is 0. The van der Waals surface area contributed by atoms with Crippen LogP contribution in [0.1, 0.15) is 40.0 Å². The molecule has 0 saturated heterocycles. The first-order valence-corrected chi connectivity index (χ1v) is 4.63. The molecule has 0 rings (SSSR count). The van der Waals surface area contributed by atoms with E-state index in [-0.39, 0.29) is 0 Å². The molecule has 1 N–H and O–H groups in total. The molecule has 0 aromatic rings. The van der Waals surface area contributed by atoms with E-state index in [0.29, 0.717) is 12.0 Å². The number of carboxylic acids is 1. The Labute approximate surface area is 80.0 Å². The van der Waals surface area contributed by atoms with E-state index in [4.69, 9.17) is 5.11 Å². The van der Waals surface area contributed by atoms with Crippen LogP contribution in [0.25, 0.3) is 0 Å². The summed E-state index contributed by atoms with van der Waals surface area (Å²) in [5, 5.41) is 8.70. The summed E-state index contributed by atoms with van der Waals surface area (Å²) in [4.78, 5) is 10.6. The molecule has 0 unspecified atom stereocenters. The number of aliphatic carboxylic acids is 1. The summed E-state index contributed by atoms with van der Waals surface area (Å²) in [6.07, 6.45) is 6.28. The van der Waals surface area contributed by atoms with Crippen molar-refractivity contribution in [2.24, 2.45) is 0 Å². The van der Waals surface area contributed by atoms with Crippen molar-refractivity contribution >= 4 is 5.97 Å². The Morgan fingerprint density at radius 1 is 1.23 bits per heavy atom. The molecule has 0 amide bonds. The SMILES string of the molecule is CCC(=CCCC=C(C)C)C(=O)O. The zero-order valence-electron chi connectivity index (χ0n) is 8.63. The fourth-order valence-corrected chi connectivity index (χ4v) is 1.01. The molecule has 0 fully saturated rings.